The molecule has 0 nitrogen and oxygen atoms in total. The Morgan fingerprint density at radius 2 is 0.483 bits per heavy atom. The molecule has 0 aromatic rings. The van der Waals surface area contributed by atoms with Crippen molar-refractivity contribution in [1.29, 1.82) is 0 Å². The predicted octanol–water partition coefficient (Wildman–Crippen LogP) is 10.4. The normalized spacial score (nSPS) is 11.8. The first-order chi connectivity index (χ1) is 14.4. The summed E-state index contributed by atoms with van der Waals surface area (Å²) in [5, 5.41) is 0. The summed E-state index contributed by atoms with van der Waals surface area (Å²) in [4.78, 5) is 0. The monoisotopic (exact) mass is 424 g/mol. The van der Waals surface area contributed by atoms with Crippen LogP contribution in [0.15, 0.2) is 0 Å². The van der Waals surface area contributed by atoms with E-state index in [1.807, 2.05) is 0 Å². The van der Waals surface area contributed by atoms with E-state index in [0.29, 0.717) is 9.52 Å². The Kier molecular flexibility index (Phi) is 28.4. The third kappa shape index (κ3) is 28.2. The predicted molar refractivity (Wildman–Crippen MR) is 140 cm³/mol. The van der Waals surface area contributed by atoms with Gasteiger partial charge in [-0.25, -0.2) is 0 Å². The number of rotatable bonds is 26. The van der Waals surface area contributed by atoms with E-state index in [0.717, 1.165) is 0 Å². The maximum Gasteiger partial charge on any atom is 0.0197 e. The van der Waals surface area contributed by atoms with Crippen molar-refractivity contribution < 1.29 is 0 Å². The van der Waals surface area contributed by atoms with Gasteiger partial charge in [0.2, 0.25) is 0 Å². The Labute approximate surface area is 189 Å². The maximum absolute atomic E-state index is 2.31. The molecule has 0 bridgehead atoms. The van der Waals surface area contributed by atoms with Crippen LogP contribution in [0.1, 0.15) is 168 Å². The third-order valence-corrected chi connectivity index (χ3v) is 8.71. The Bertz CT molecular complexity index is 237. The lowest BCUT2D eigenvalue weighted by Crippen LogP contribution is -1.90. The van der Waals surface area contributed by atoms with Crippen molar-refractivity contribution in [3.63, 3.8) is 0 Å². The van der Waals surface area contributed by atoms with E-state index in [4.69, 9.17) is 0 Å². The lowest BCUT2D eigenvalue weighted by molar-refractivity contribution is 0.531. The quantitative estimate of drug-likeness (QED) is 0.0956. The molecule has 0 aliphatic carbocycles. The molecule has 0 rings (SSSR count). The van der Waals surface area contributed by atoms with Gasteiger partial charge in [0.25, 0.3) is 0 Å². The Hall–Kier alpha value is 0.217. The molecule has 0 aromatic carbocycles. The van der Waals surface area contributed by atoms with Gasteiger partial charge in [-0.2, -0.15) is 0 Å². The van der Waals surface area contributed by atoms with Gasteiger partial charge >= 0.3 is 0 Å². The average molecular weight is 425 g/mol. The van der Waals surface area contributed by atoms with Crippen LogP contribution in [-0.4, -0.2) is 9.52 Å². The minimum absolute atomic E-state index is 0.299. The van der Waals surface area contributed by atoms with Crippen LogP contribution >= 0.6 is 0 Å². The van der Waals surface area contributed by atoms with Gasteiger partial charge in [-0.05, 0) is 0 Å². The highest BCUT2D eigenvalue weighted by atomic mass is 28.2. The molecule has 0 spiro atoms. The molecule has 0 radical (unpaired) electrons. The van der Waals surface area contributed by atoms with Crippen LogP contribution in [0, 0.1) is 0 Å². The molecule has 0 atom stereocenters. The largest absolute Gasteiger partial charge is 0.0654 e. The Morgan fingerprint density at radius 3 is 0.724 bits per heavy atom. The first kappa shape index (κ1) is 29.2. The van der Waals surface area contributed by atoms with Crippen molar-refractivity contribution in [1.82, 2.24) is 0 Å². The third-order valence-electron chi connectivity index (χ3n) is 6.71. The van der Waals surface area contributed by atoms with Crippen LogP contribution in [-0.2, 0) is 0 Å². The minimum Gasteiger partial charge on any atom is -0.0654 e. The summed E-state index contributed by atoms with van der Waals surface area (Å²) in [6.07, 6.45) is 35.8. The Balaban J connectivity index is 2.97. The molecular weight excluding hydrogens is 364 g/mol. The van der Waals surface area contributed by atoms with Crippen LogP contribution in [0.3, 0.4) is 0 Å². The van der Waals surface area contributed by atoms with Crippen molar-refractivity contribution in [3.8, 4) is 0 Å². The molecule has 0 amide bonds. The Morgan fingerprint density at radius 1 is 0.276 bits per heavy atom. The summed E-state index contributed by atoms with van der Waals surface area (Å²) in [6, 6.07) is 3.27. The van der Waals surface area contributed by atoms with Crippen LogP contribution in [0.5, 0.6) is 0 Å². The fraction of sp³-hybridized carbons (Fsp3) is 1.00. The smallest absolute Gasteiger partial charge is 0.0197 e. The van der Waals surface area contributed by atoms with Crippen LogP contribution < -0.4 is 0 Å². The second-order valence-electron chi connectivity index (χ2n) is 9.84. The molecule has 0 saturated heterocycles. The fourth-order valence-corrected chi connectivity index (χ4v) is 6.33. The molecule has 0 fully saturated rings. The lowest BCUT2D eigenvalue weighted by atomic mass is 10.0. The summed E-state index contributed by atoms with van der Waals surface area (Å²) in [5.74, 6) is 0. The van der Waals surface area contributed by atoms with Crippen LogP contribution in [0.25, 0.3) is 0 Å². The number of unbranched alkanes of at least 4 members (excludes halogenated alkanes) is 22. The fourth-order valence-electron chi connectivity index (χ4n) is 4.57. The van der Waals surface area contributed by atoms with E-state index in [-0.39, 0.29) is 0 Å². The van der Waals surface area contributed by atoms with E-state index in [1.54, 1.807) is 24.9 Å². The van der Waals surface area contributed by atoms with Gasteiger partial charge in [-0.1, -0.05) is 180 Å². The molecule has 0 saturated carbocycles. The van der Waals surface area contributed by atoms with E-state index >= 15 is 0 Å². The van der Waals surface area contributed by atoms with Gasteiger partial charge in [0.05, 0.1) is 0 Å². The molecular formula is C28H60Si. The van der Waals surface area contributed by atoms with Crippen molar-refractivity contribution >= 4 is 9.52 Å². The van der Waals surface area contributed by atoms with Gasteiger partial charge in [0, 0.05) is 9.52 Å². The van der Waals surface area contributed by atoms with Crippen molar-refractivity contribution in [2.75, 3.05) is 0 Å². The topological polar surface area (TPSA) is 0 Å². The summed E-state index contributed by atoms with van der Waals surface area (Å²) in [5.41, 5.74) is 0. The first-order valence-corrected chi connectivity index (χ1v) is 16.4. The standard InChI is InChI=1S/C28H60Si/c1-3-5-7-9-11-13-14-15-16-17-18-19-20-22-24-26-28-29-27-25-23-21-12-10-8-6-4-2/h3-29H2,1-2H3. The van der Waals surface area contributed by atoms with Crippen LogP contribution in [0.4, 0.5) is 0 Å². The van der Waals surface area contributed by atoms with E-state index in [2.05, 4.69) is 13.8 Å². The minimum atomic E-state index is 0.299. The van der Waals surface area contributed by atoms with E-state index < -0.39 is 0 Å². The molecule has 0 aliphatic rings. The summed E-state index contributed by atoms with van der Waals surface area (Å²) in [6.45, 7) is 4.62. The molecule has 176 valence electrons. The van der Waals surface area contributed by atoms with Gasteiger partial charge in [-0.15, -0.1) is 0 Å². The summed E-state index contributed by atoms with van der Waals surface area (Å²) in [7, 11) is 0.299. The molecule has 0 aliphatic heterocycles. The molecule has 1 heteroatoms. The number of hydrogen-bond donors (Lipinski definition) is 0. The van der Waals surface area contributed by atoms with Gasteiger partial charge in [0.15, 0.2) is 0 Å². The molecule has 0 N–H and O–H groups in total. The van der Waals surface area contributed by atoms with Crippen molar-refractivity contribution in [3.05, 3.63) is 0 Å². The highest BCUT2D eigenvalue weighted by Gasteiger charge is 1.96. The van der Waals surface area contributed by atoms with Gasteiger partial charge in [0.1, 0.15) is 0 Å². The second-order valence-corrected chi connectivity index (χ2v) is 12.0. The zero-order valence-corrected chi connectivity index (χ0v) is 22.5. The molecule has 0 heterocycles. The summed E-state index contributed by atoms with van der Waals surface area (Å²) < 4.78 is 0. The van der Waals surface area contributed by atoms with E-state index in [1.165, 1.54) is 141 Å². The van der Waals surface area contributed by atoms with Crippen LogP contribution in [0.2, 0.25) is 12.1 Å². The zero-order chi connectivity index (χ0) is 21.1. The SMILES string of the molecule is CCCCCCCCCCCCCCCCCC[SiH2]CCCCCCCCCC. The summed E-state index contributed by atoms with van der Waals surface area (Å²) >= 11 is 0. The van der Waals surface area contributed by atoms with Crippen molar-refractivity contribution in [2.45, 2.75) is 180 Å². The van der Waals surface area contributed by atoms with E-state index in [9.17, 15) is 0 Å². The molecule has 0 unspecified atom stereocenters. The first-order valence-electron chi connectivity index (χ1n) is 14.4. The molecule has 0 aromatic heterocycles. The zero-order valence-electron chi connectivity index (χ0n) is 21.1. The second kappa shape index (κ2) is 28.2. The van der Waals surface area contributed by atoms with Gasteiger partial charge < -0.3 is 0 Å². The highest BCUT2D eigenvalue weighted by Crippen LogP contribution is 2.14. The molecule has 29 heavy (non-hydrogen) atoms. The number of hydrogen-bond acceptors (Lipinski definition) is 0. The highest BCUT2D eigenvalue weighted by molar-refractivity contribution is 6.35. The van der Waals surface area contributed by atoms with Crippen molar-refractivity contribution in [2.24, 2.45) is 0 Å². The lowest BCUT2D eigenvalue weighted by Gasteiger charge is -2.04. The maximum atomic E-state index is 2.31. The average Bonchev–Trinajstić information content (AvgIpc) is 2.74. The van der Waals surface area contributed by atoms with Gasteiger partial charge in [-0.3, -0.25) is 0 Å².